The van der Waals surface area contributed by atoms with Crippen molar-refractivity contribution in [2.75, 3.05) is 5.01 Å². The van der Waals surface area contributed by atoms with E-state index in [1.807, 2.05) is 26.0 Å². The minimum absolute atomic E-state index is 0.0244. The molecule has 0 N–H and O–H groups in total. The first-order valence-electron chi connectivity index (χ1n) is 4.72. The van der Waals surface area contributed by atoms with E-state index in [0.717, 1.165) is 11.3 Å². The van der Waals surface area contributed by atoms with E-state index in [-0.39, 0.29) is 5.91 Å². The maximum atomic E-state index is 11.6. The lowest BCUT2D eigenvalue weighted by Gasteiger charge is -2.15. The van der Waals surface area contributed by atoms with Gasteiger partial charge in [-0.2, -0.15) is 10.1 Å². The Morgan fingerprint density at radius 2 is 2.13 bits per heavy atom. The highest BCUT2D eigenvalue weighted by molar-refractivity contribution is 6.34. The van der Waals surface area contributed by atoms with Gasteiger partial charge in [0.2, 0.25) is 0 Å². The molecule has 15 heavy (non-hydrogen) atoms. The van der Waals surface area contributed by atoms with Crippen molar-refractivity contribution < 1.29 is 4.79 Å². The number of hydrogen-bond donors (Lipinski definition) is 0. The fourth-order valence-corrected chi connectivity index (χ4v) is 1.92. The second-order valence-electron chi connectivity index (χ2n) is 3.62. The van der Waals surface area contributed by atoms with Crippen LogP contribution in [0.5, 0.6) is 0 Å². The van der Waals surface area contributed by atoms with Crippen LogP contribution in [0.4, 0.5) is 5.69 Å². The first-order valence-corrected chi connectivity index (χ1v) is 5.09. The van der Waals surface area contributed by atoms with Gasteiger partial charge >= 0.3 is 0 Å². The maximum Gasteiger partial charge on any atom is 0.253 e. The molecule has 0 radical (unpaired) electrons. The first-order chi connectivity index (χ1) is 7.09. The number of amides is 1. The minimum atomic E-state index is -0.0244. The van der Waals surface area contributed by atoms with Crippen molar-refractivity contribution in [3.63, 3.8) is 0 Å². The fraction of sp³-hybridized carbons (Fsp3) is 0.273. The molecule has 1 amide bonds. The Morgan fingerprint density at radius 3 is 2.67 bits per heavy atom. The number of anilines is 1. The van der Waals surface area contributed by atoms with Gasteiger partial charge < -0.3 is 0 Å². The van der Waals surface area contributed by atoms with Crippen LogP contribution in [-0.4, -0.2) is 11.6 Å². The van der Waals surface area contributed by atoms with E-state index in [2.05, 4.69) is 5.10 Å². The fourth-order valence-electron chi connectivity index (χ4n) is 1.62. The molecule has 0 aliphatic carbocycles. The van der Waals surface area contributed by atoms with E-state index in [1.54, 1.807) is 6.07 Å². The topological polar surface area (TPSA) is 32.7 Å². The van der Waals surface area contributed by atoms with Crippen molar-refractivity contribution in [2.45, 2.75) is 20.3 Å². The number of para-hydroxylation sites is 1. The molecule has 1 aliphatic rings. The standard InChI is InChI=1S/C11H11ClN2O/c1-7-4-3-5-9(12)11(7)14-10(15)6-8(2)13-14/h3-5H,6H2,1-2H3. The second kappa shape index (κ2) is 3.66. The van der Waals surface area contributed by atoms with Crippen LogP contribution in [0.1, 0.15) is 18.9 Å². The van der Waals surface area contributed by atoms with Crippen molar-refractivity contribution in [2.24, 2.45) is 5.10 Å². The van der Waals surface area contributed by atoms with E-state index >= 15 is 0 Å². The quantitative estimate of drug-likeness (QED) is 0.719. The van der Waals surface area contributed by atoms with Crippen molar-refractivity contribution in [3.8, 4) is 0 Å². The summed E-state index contributed by atoms with van der Waals surface area (Å²) in [5.74, 6) is -0.0244. The van der Waals surface area contributed by atoms with Gasteiger partial charge in [-0.15, -0.1) is 0 Å². The predicted octanol–water partition coefficient (Wildman–Crippen LogP) is 2.76. The summed E-state index contributed by atoms with van der Waals surface area (Å²) >= 11 is 6.06. The first kappa shape index (κ1) is 10.2. The molecule has 0 fully saturated rings. The molecule has 1 aromatic carbocycles. The lowest BCUT2D eigenvalue weighted by atomic mass is 10.2. The Kier molecular flexibility index (Phi) is 2.49. The molecule has 1 heterocycles. The zero-order valence-electron chi connectivity index (χ0n) is 8.62. The third kappa shape index (κ3) is 1.75. The van der Waals surface area contributed by atoms with Crippen LogP contribution < -0.4 is 5.01 Å². The van der Waals surface area contributed by atoms with E-state index in [0.29, 0.717) is 17.1 Å². The summed E-state index contributed by atoms with van der Waals surface area (Å²) in [5, 5.41) is 6.13. The van der Waals surface area contributed by atoms with E-state index in [4.69, 9.17) is 11.6 Å². The number of halogens is 1. The summed E-state index contributed by atoms with van der Waals surface area (Å²) in [6.45, 7) is 3.75. The summed E-state index contributed by atoms with van der Waals surface area (Å²) in [6.07, 6.45) is 0.380. The molecule has 78 valence electrons. The van der Waals surface area contributed by atoms with Gasteiger partial charge in [-0.3, -0.25) is 4.79 Å². The Labute approximate surface area is 93.3 Å². The molecule has 0 saturated heterocycles. The van der Waals surface area contributed by atoms with Crippen LogP contribution in [0.2, 0.25) is 5.02 Å². The van der Waals surface area contributed by atoms with Gasteiger partial charge in [-0.25, -0.2) is 0 Å². The molecule has 0 saturated carbocycles. The average molecular weight is 223 g/mol. The summed E-state index contributed by atoms with van der Waals surface area (Å²) in [6, 6.07) is 5.54. The predicted molar refractivity (Wildman–Crippen MR) is 61.4 cm³/mol. The summed E-state index contributed by atoms with van der Waals surface area (Å²) in [5.41, 5.74) is 2.47. The van der Waals surface area contributed by atoms with Crippen LogP contribution in [-0.2, 0) is 4.79 Å². The number of nitrogens with zero attached hydrogens (tertiary/aromatic N) is 2. The number of carbonyl (C=O) groups excluding carboxylic acids is 1. The molecule has 0 spiro atoms. The number of hydrogen-bond acceptors (Lipinski definition) is 2. The molecule has 0 unspecified atom stereocenters. The smallest absolute Gasteiger partial charge is 0.253 e. The molecule has 4 heteroatoms. The zero-order valence-corrected chi connectivity index (χ0v) is 9.38. The molecular formula is C11H11ClN2O. The SMILES string of the molecule is CC1=NN(c2c(C)cccc2Cl)C(=O)C1. The van der Waals surface area contributed by atoms with Gasteiger partial charge in [0.25, 0.3) is 5.91 Å². The van der Waals surface area contributed by atoms with Crippen LogP contribution in [0, 0.1) is 6.92 Å². The largest absolute Gasteiger partial charge is 0.272 e. The minimum Gasteiger partial charge on any atom is -0.272 e. The van der Waals surface area contributed by atoms with E-state index in [1.165, 1.54) is 5.01 Å². The van der Waals surface area contributed by atoms with E-state index < -0.39 is 0 Å². The van der Waals surface area contributed by atoms with Crippen molar-refractivity contribution in [1.82, 2.24) is 0 Å². The van der Waals surface area contributed by atoms with Crippen LogP contribution in [0.15, 0.2) is 23.3 Å². The van der Waals surface area contributed by atoms with Gasteiger partial charge in [0.05, 0.1) is 17.1 Å². The van der Waals surface area contributed by atoms with Crippen LogP contribution in [0.25, 0.3) is 0 Å². The second-order valence-corrected chi connectivity index (χ2v) is 4.03. The van der Waals surface area contributed by atoms with Crippen molar-refractivity contribution >= 4 is 28.9 Å². The average Bonchev–Trinajstić information content (AvgIpc) is 2.45. The molecule has 3 nitrogen and oxygen atoms in total. The van der Waals surface area contributed by atoms with Crippen molar-refractivity contribution in [3.05, 3.63) is 28.8 Å². The van der Waals surface area contributed by atoms with Crippen LogP contribution in [0.3, 0.4) is 0 Å². The highest BCUT2D eigenvalue weighted by Crippen LogP contribution is 2.31. The zero-order chi connectivity index (χ0) is 11.0. The monoisotopic (exact) mass is 222 g/mol. The normalized spacial score (nSPS) is 15.8. The Hall–Kier alpha value is -1.35. The molecule has 1 aliphatic heterocycles. The molecule has 0 aromatic heterocycles. The maximum absolute atomic E-state index is 11.6. The van der Waals surface area contributed by atoms with Gasteiger partial charge in [-0.1, -0.05) is 23.7 Å². The summed E-state index contributed by atoms with van der Waals surface area (Å²) < 4.78 is 0. The Morgan fingerprint density at radius 1 is 1.40 bits per heavy atom. The molecule has 0 bridgehead atoms. The summed E-state index contributed by atoms with van der Waals surface area (Å²) in [4.78, 5) is 11.6. The number of benzene rings is 1. The Balaban J connectivity index is 2.50. The van der Waals surface area contributed by atoms with E-state index in [9.17, 15) is 4.79 Å². The number of carbonyl (C=O) groups is 1. The third-order valence-corrected chi connectivity index (χ3v) is 2.62. The summed E-state index contributed by atoms with van der Waals surface area (Å²) in [7, 11) is 0. The lowest BCUT2D eigenvalue weighted by molar-refractivity contribution is -0.116. The van der Waals surface area contributed by atoms with Gasteiger partial charge in [0.1, 0.15) is 0 Å². The van der Waals surface area contributed by atoms with Crippen LogP contribution >= 0.6 is 11.6 Å². The highest BCUT2D eigenvalue weighted by Gasteiger charge is 2.25. The lowest BCUT2D eigenvalue weighted by Crippen LogP contribution is -2.20. The van der Waals surface area contributed by atoms with Gasteiger partial charge in [-0.05, 0) is 25.5 Å². The number of hydrazone groups is 1. The molecule has 1 aromatic rings. The Bertz CT molecular complexity index is 434. The number of aryl methyl sites for hydroxylation is 1. The highest BCUT2D eigenvalue weighted by atomic mass is 35.5. The van der Waals surface area contributed by atoms with Crippen molar-refractivity contribution in [1.29, 1.82) is 0 Å². The molecular weight excluding hydrogens is 212 g/mol. The van der Waals surface area contributed by atoms with Gasteiger partial charge in [0, 0.05) is 5.71 Å². The third-order valence-electron chi connectivity index (χ3n) is 2.31. The number of rotatable bonds is 1. The molecule has 0 atom stereocenters. The van der Waals surface area contributed by atoms with Gasteiger partial charge in [0.15, 0.2) is 0 Å². The molecule has 2 rings (SSSR count).